The maximum atomic E-state index is 12.2. The minimum absolute atomic E-state index is 0. The summed E-state index contributed by atoms with van der Waals surface area (Å²) >= 11 is 5.85. The first-order valence-corrected chi connectivity index (χ1v) is 7.66. The molecule has 1 aliphatic heterocycles. The molecule has 1 fully saturated rings. The summed E-state index contributed by atoms with van der Waals surface area (Å²) in [7, 11) is 0. The van der Waals surface area contributed by atoms with Crippen LogP contribution in [0.3, 0.4) is 0 Å². The van der Waals surface area contributed by atoms with Crippen molar-refractivity contribution in [2.45, 2.75) is 20.0 Å². The molecule has 1 aliphatic rings. The van der Waals surface area contributed by atoms with Gasteiger partial charge in [-0.3, -0.25) is 9.69 Å². The Bertz CT molecular complexity index is 578. The van der Waals surface area contributed by atoms with Crippen LogP contribution in [0.5, 0.6) is 5.75 Å². The van der Waals surface area contributed by atoms with Crippen molar-refractivity contribution in [3.05, 3.63) is 23.2 Å². The Morgan fingerprint density at radius 2 is 2.25 bits per heavy atom. The molecule has 1 amide bonds. The topological polar surface area (TPSA) is 67.6 Å². The summed E-state index contributed by atoms with van der Waals surface area (Å²) in [6.07, 6.45) is 0.961. The number of benzene rings is 1. The van der Waals surface area contributed by atoms with E-state index in [0.29, 0.717) is 12.2 Å². The van der Waals surface area contributed by atoms with Crippen molar-refractivity contribution < 1.29 is 18.3 Å². The number of amides is 1. The van der Waals surface area contributed by atoms with E-state index in [1.807, 2.05) is 4.90 Å². The van der Waals surface area contributed by atoms with E-state index in [4.69, 9.17) is 17.3 Å². The quantitative estimate of drug-likeness (QED) is 0.792. The number of likely N-dealkylation sites (tertiary alicyclic amines) is 1. The van der Waals surface area contributed by atoms with Gasteiger partial charge in [0.1, 0.15) is 5.75 Å². The number of hydrogen-bond donors (Lipinski definition) is 2. The first kappa shape index (κ1) is 20.9. The number of nitrogens with one attached hydrogen (secondary N) is 1. The highest BCUT2D eigenvalue weighted by Crippen LogP contribution is 2.30. The van der Waals surface area contributed by atoms with Crippen LogP contribution in [0.15, 0.2) is 18.2 Å². The van der Waals surface area contributed by atoms with Gasteiger partial charge in [0.15, 0.2) is 0 Å². The summed E-state index contributed by atoms with van der Waals surface area (Å²) in [4.78, 5) is 14.1. The standard InChI is InChI=1S/C15H20ClF2N3O2.ClH/c1-15(8-19)4-5-21(9-15)7-13(22)20-10-2-3-12(11(16)6-10)23-14(17)18;/h2-3,6,14H,4-5,7-9,19H2,1H3,(H,20,22);1H. The number of ether oxygens (including phenoxy) is 1. The first-order chi connectivity index (χ1) is 10.8. The van der Waals surface area contributed by atoms with Crippen LogP contribution in [0, 0.1) is 5.41 Å². The van der Waals surface area contributed by atoms with Gasteiger partial charge in [0.2, 0.25) is 5.91 Å². The molecule has 136 valence electrons. The molecule has 9 heteroatoms. The number of anilines is 1. The summed E-state index contributed by atoms with van der Waals surface area (Å²) < 4.78 is 28.6. The minimum Gasteiger partial charge on any atom is -0.433 e. The third kappa shape index (κ3) is 5.73. The van der Waals surface area contributed by atoms with Crippen molar-refractivity contribution in [1.29, 1.82) is 0 Å². The fourth-order valence-electron chi connectivity index (χ4n) is 2.60. The first-order valence-electron chi connectivity index (χ1n) is 7.28. The largest absolute Gasteiger partial charge is 0.433 e. The van der Waals surface area contributed by atoms with Crippen molar-refractivity contribution in [2.75, 3.05) is 31.5 Å². The smallest absolute Gasteiger partial charge is 0.387 e. The molecule has 1 unspecified atom stereocenters. The Morgan fingerprint density at radius 1 is 1.54 bits per heavy atom. The van der Waals surface area contributed by atoms with Crippen LogP contribution < -0.4 is 15.8 Å². The van der Waals surface area contributed by atoms with E-state index in [9.17, 15) is 13.6 Å². The Labute approximate surface area is 150 Å². The second-order valence-electron chi connectivity index (χ2n) is 6.05. The van der Waals surface area contributed by atoms with Crippen molar-refractivity contribution in [3.63, 3.8) is 0 Å². The van der Waals surface area contributed by atoms with E-state index in [1.165, 1.54) is 18.2 Å². The third-order valence-electron chi connectivity index (χ3n) is 3.93. The monoisotopic (exact) mass is 383 g/mol. The van der Waals surface area contributed by atoms with E-state index in [-0.39, 0.29) is 41.0 Å². The molecule has 0 spiro atoms. The summed E-state index contributed by atoms with van der Waals surface area (Å²) in [5.74, 6) is -0.317. The second-order valence-corrected chi connectivity index (χ2v) is 6.45. The molecule has 24 heavy (non-hydrogen) atoms. The molecular formula is C15H21Cl2F2N3O2. The predicted molar refractivity (Wildman–Crippen MR) is 92.2 cm³/mol. The molecule has 0 saturated carbocycles. The highest BCUT2D eigenvalue weighted by Gasteiger charge is 2.33. The van der Waals surface area contributed by atoms with E-state index < -0.39 is 6.61 Å². The van der Waals surface area contributed by atoms with Gasteiger partial charge in [-0.1, -0.05) is 18.5 Å². The average molecular weight is 384 g/mol. The van der Waals surface area contributed by atoms with Gasteiger partial charge in [-0.15, -0.1) is 12.4 Å². The zero-order valence-electron chi connectivity index (χ0n) is 13.2. The molecular weight excluding hydrogens is 363 g/mol. The fraction of sp³-hybridized carbons (Fsp3) is 0.533. The average Bonchev–Trinajstić information content (AvgIpc) is 2.83. The molecule has 1 atom stereocenters. The van der Waals surface area contributed by atoms with Gasteiger partial charge in [0, 0.05) is 12.2 Å². The maximum Gasteiger partial charge on any atom is 0.387 e. The highest BCUT2D eigenvalue weighted by atomic mass is 35.5. The molecule has 0 bridgehead atoms. The normalized spacial score (nSPS) is 20.8. The Balaban J connectivity index is 0.00000288. The number of nitrogens with zero attached hydrogens (tertiary/aromatic N) is 1. The molecule has 1 aromatic rings. The van der Waals surface area contributed by atoms with Crippen LogP contribution in [0.4, 0.5) is 14.5 Å². The van der Waals surface area contributed by atoms with Crippen LogP contribution in [0.2, 0.25) is 5.02 Å². The SMILES string of the molecule is CC1(CN)CCN(CC(=O)Nc2ccc(OC(F)F)c(Cl)c2)C1.Cl. The van der Waals surface area contributed by atoms with Crippen LogP contribution >= 0.6 is 24.0 Å². The summed E-state index contributed by atoms with van der Waals surface area (Å²) in [5.41, 5.74) is 6.23. The van der Waals surface area contributed by atoms with Crippen molar-refractivity contribution in [3.8, 4) is 5.75 Å². The number of carbonyl (C=O) groups is 1. The summed E-state index contributed by atoms with van der Waals surface area (Å²) in [5, 5.41) is 2.71. The maximum absolute atomic E-state index is 12.2. The molecule has 1 saturated heterocycles. The predicted octanol–water partition coefficient (Wildman–Crippen LogP) is 2.97. The van der Waals surface area contributed by atoms with Crippen molar-refractivity contribution in [1.82, 2.24) is 4.90 Å². The fourth-order valence-corrected chi connectivity index (χ4v) is 2.83. The van der Waals surface area contributed by atoms with Crippen LogP contribution in [-0.2, 0) is 4.79 Å². The van der Waals surface area contributed by atoms with Crippen LogP contribution in [-0.4, -0.2) is 43.6 Å². The van der Waals surface area contributed by atoms with Crippen LogP contribution in [0.1, 0.15) is 13.3 Å². The molecule has 3 N–H and O–H groups in total. The molecule has 5 nitrogen and oxygen atoms in total. The van der Waals surface area contributed by atoms with E-state index in [1.54, 1.807) is 0 Å². The molecule has 0 aliphatic carbocycles. The van der Waals surface area contributed by atoms with Crippen LogP contribution in [0.25, 0.3) is 0 Å². The molecule has 1 heterocycles. The molecule has 2 rings (SSSR count). The molecule has 1 aromatic carbocycles. The Kier molecular flexibility index (Phi) is 7.66. The number of hydrogen-bond acceptors (Lipinski definition) is 4. The van der Waals surface area contributed by atoms with E-state index in [2.05, 4.69) is 17.0 Å². The molecule has 0 aromatic heterocycles. The Hall–Kier alpha value is -1.15. The van der Waals surface area contributed by atoms with Gasteiger partial charge >= 0.3 is 6.61 Å². The third-order valence-corrected chi connectivity index (χ3v) is 4.22. The zero-order chi connectivity index (χ0) is 17.0. The number of carbonyl (C=O) groups excluding carboxylic acids is 1. The lowest BCUT2D eigenvalue weighted by Crippen LogP contribution is -2.35. The number of alkyl halides is 2. The van der Waals surface area contributed by atoms with Gasteiger partial charge in [-0.25, -0.2) is 0 Å². The lowest BCUT2D eigenvalue weighted by Gasteiger charge is -2.22. The zero-order valence-corrected chi connectivity index (χ0v) is 14.8. The van der Waals surface area contributed by atoms with Crippen molar-refractivity contribution in [2.24, 2.45) is 11.1 Å². The molecule has 0 radical (unpaired) electrons. The Morgan fingerprint density at radius 3 is 2.79 bits per heavy atom. The van der Waals surface area contributed by atoms with Gasteiger partial charge < -0.3 is 15.8 Å². The van der Waals surface area contributed by atoms with E-state index >= 15 is 0 Å². The van der Waals surface area contributed by atoms with E-state index in [0.717, 1.165) is 19.5 Å². The summed E-state index contributed by atoms with van der Waals surface area (Å²) in [6.45, 7) is 1.60. The number of rotatable bonds is 6. The van der Waals surface area contributed by atoms with Gasteiger partial charge in [0.05, 0.1) is 11.6 Å². The van der Waals surface area contributed by atoms with Gasteiger partial charge in [-0.2, -0.15) is 8.78 Å². The number of nitrogens with two attached hydrogens (primary N) is 1. The minimum atomic E-state index is -2.94. The highest BCUT2D eigenvalue weighted by molar-refractivity contribution is 6.32. The number of halogens is 4. The second kappa shape index (κ2) is 8.80. The summed E-state index contributed by atoms with van der Waals surface area (Å²) in [6, 6.07) is 4.14. The lowest BCUT2D eigenvalue weighted by molar-refractivity contribution is -0.117. The van der Waals surface area contributed by atoms with Crippen molar-refractivity contribution >= 4 is 35.6 Å². The lowest BCUT2D eigenvalue weighted by atomic mass is 9.90. The van der Waals surface area contributed by atoms with Gasteiger partial charge in [0.25, 0.3) is 0 Å². The van der Waals surface area contributed by atoms with Gasteiger partial charge in [-0.05, 0) is 43.1 Å².